The van der Waals surface area contributed by atoms with Gasteiger partial charge in [0.1, 0.15) is 17.6 Å². The van der Waals surface area contributed by atoms with Gasteiger partial charge in [-0.15, -0.1) is 0 Å². The smallest absolute Gasteiger partial charge is 0.174 e. The summed E-state index contributed by atoms with van der Waals surface area (Å²) in [6.07, 6.45) is 0. The third-order valence-electron chi connectivity index (χ3n) is 2.64. The molecule has 0 unspecified atom stereocenters. The van der Waals surface area contributed by atoms with Gasteiger partial charge in [-0.1, -0.05) is 12.1 Å². The molecule has 0 saturated heterocycles. The molecule has 2 aromatic rings. The molecular formula is C15H12BrFN2O. The van der Waals surface area contributed by atoms with Gasteiger partial charge < -0.3 is 10.1 Å². The molecule has 0 atom stereocenters. The summed E-state index contributed by atoms with van der Waals surface area (Å²) < 4.78 is 18.7. The van der Waals surface area contributed by atoms with Gasteiger partial charge >= 0.3 is 0 Å². The molecule has 0 spiro atoms. The lowest BCUT2D eigenvalue weighted by atomic mass is 10.2. The molecule has 0 fully saturated rings. The predicted molar refractivity (Wildman–Crippen MR) is 79.0 cm³/mol. The highest BCUT2D eigenvalue weighted by atomic mass is 79.9. The maximum atomic E-state index is 13.1. The minimum atomic E-state index is -0.283. The first-order valence-corrected chi connectivity index (χ1v) is 6.76. The molecule has 0 heterocycles. The van der Waals surface area contributed by atoms with Crippen molar-refractivity contribution >= 4 is 21.6 Å². The van der Waals surface area contributed by atoms with E-state index in [2.05, 4.69) is 21.2 Å². The maximum absolute atomic E-state index is 13.1. The zero-order chi connectivity index (χ0) is 14.4. The van der Waals surface area contributed by atoms with Crippen LogP contribution in [0.2, 0.25) is 0 Å². The summed E-state index contributed by atoms with van der Waals surface area (Å²) in [6.45, 7) is 0.664. The third-order valence-corrected chi connectivity index (χ3v) is 3.25. The molecule has 0 radical (unpaired) electrons. The summed E-state index contributed by atoms with van der Waals surface area (Å²) >= 11 is 3.15. The molecule has 0 aromatic heterocycles. The van der Waals surface area contributed by atoms with E-state index >= 15 is 0 Å². The lowest BCUT2D eigenvalue weighted by Crippen LogP contribution is -2.00. The molecule has 3 nitrogen and oxygen atoms in total. The average Bonchev–Trinajstić information content (AvgIpc) is 2.47. The van der Waals surface area contributed by atoms with Crippen molar-refractivity contribution in [1.29, 1.82) is 5.26 Å². The molecule has 1 N–H and O–H groups in total. The Bertz CT molecular complexity index is 623. The fraction of sp³-hybridized carbons (Fsp3) is 0.133. The summed E-state index contributed by atoms with van der Waals surface area (Å²) in [6, 6.07) is 14.2. The van der Waals surface area contributed by atoms with E-state index in [1.807, 2.05) is 30.3 Å². The summed E-state index contributed by atoms with van der Waals surface area (Å²) in [5.41, 5.74) is 1.90. The second-order valence-corrected chi connectivity index (χ2v) is 4.93. The molecule has 102 valence electrons. The Balaban J connectivity index is 1.93. The fourth-order valence-electron chi connectivity index (χ4n) is 1.63. The van der Waals surface area contributed by atoms with Gasteiger partial charge in [-0.2, -0.15) is 5.26 Å². The van der Waals surface area contributed by atoms with Crippen molar-refractivity contribution in [3.8, 4) is 11.8 Å². The number of benzene rings is 2. The maximum Gasteiger partial charge on any atom is 0.174 e. The fourth-order valence-corrected chi connectivity index (χ4v) is 2.01. The van der Waals surface area contributed by atoms with Crippen molar-refractivity contribution in [1.82, 2.24) is 0 Å². The number of nitrogens with zero attached hydrogens (tertiary/aromatic N) is 1. The molecule has 2 rings (SSSR count). The Hall–Kier alpha value is -2.06. The summed E-state index contributed by atoms with van der Waals surface area (Å²) in [5.74, 6) is 0.384. The van der Waals surface area contributed by atoms with Crippen LogP contribution in [0.3, 0.4) is 0 Å². The van der Waals surface area contributed by atoms with Crippen molar-refractivity contribution < 1.29 is 9.13 Å². The van der Waals surface area contributed by atoms with Gasteiger partial charge in [0, 0.05) is 12.2 Å². The van der Waals surface area contributed by atoms with Crippen molar-refractivity contribution in [2.45, 2.75) is 6.54 Å². The van der Waals surface area contributed by atoms with Gasteiger partial charge in [0.25, 0.3) is 0 Å². The molecule has 0 amide bonds. The average molecular weight is 335 g/mol. The molecule has 2 aromatic carbocycles. The van der Waals surface area contributed by atoms with Gasteiger partial charge in [0.05, 0.1) is 4.47 Å². The molecular weight excluding hydrogens is 323 g/mol. The largest absolute Gasteiger partial charge is 0.479 e. The number of anilines is 1. The summed E-state index contributed by atoms with van der Waals surface area (Å²) in [7, 11) is 0. The molecule has 20 heavy (non-hydrogen) atoms. The number of halogens is 2. The Morgan fingerprint density at radius 1 is 1.20 bits per heavy atom. The van der Waals surface area contributed by atoms with Crippen LogP contribution in [-0.4, -0.2) is 6.61 Å². The zero-order valence-electron chi connectivity index (χ0n) is 10.6. The highest BCUT2D eigenvalue weighted by molar-refractivity contribution is 9.10. The minimum Gasteiger partial charge on any atom is -0.479 e. The van der Waals surface area contributed by atoms with Gasteiger partial charge in [0.15, 0.2) is 6.61 Å². The first-order chi connectivity index (χ1) is 9.69. The summed E-state index contributed by atoms with van der Waals surface area (Å²) in [5, 5.41) is 11.6. The number of rotatable bonds is 5. The Morgan fingerprint density at radius 2 is 1.95 bits per heavy atom. The lowest BCUT2D eigenvalue weighted by Gasteiger charge is -2.08. The topological polar surface area (TPSA) is 45.0 Å². The van der Waals surface area contributed by atoms with Crippen LogP contribution in [0.4, 0.5) is 10.1 Å². The molecule has 0 aliphatic heterocycles. The SMILES string of the molecule is N#CCOc1ccc(CNc2ccc(F)c(Br)c2)cc1. The Morgan fingerprint density at radius 3 is 2.60 bits per heavy atom. The number of ether oxygens (including phenoxy) is 1. The van der Waals surface area contributed by atoms with Crippen LogP contribution in [0, 0.1) is 17.1 Å². The molecule has 0 aliphatic carbocycles. The zero-order valence-corrected chi connectivity index (χ0v) is 12.2. The van der Waals surface area contributed by atoms with Crippen LogP contribution < -0.4 is 10.1 Å². The van der Waals surface area contributed by atoms with Crippen molar-refractivity contribution in [3.63, 3.8) is 0 Å². The highest BCUT2D eigenvalue weighted by Crippen LogP contribution is 2.20. The molecule has 0 aliphatic rings. The monoisotopic (exact) mass is 334 g/mol. The second kappa shape index (κ2) is 6.92. The Kier molecular flexibility index (Phi) is 4.97. The van der Waals surface area contributed by atoms with Crippen LogP contribution in [0.25, 0.3) is 0 Å². The number of hydrogen-bond donors (Lipinski definition) is 1. The van der Waals surface area contributed by atoms with E-state index in [0.717, 1.165) is 11.3 Å². The summed E-state index contributed by atoms with van der Waals surface area (Å²) in [4.78, 5) is 0. The van der Waals surface area contributed by atoms with Crippen molar-refractivity contribution in [2.24, 2.45) is 0 Å². The van der Waals surface area contributed by atoms with Crippen LogP contribution >= 0.6 is 15.9 Å². The Labute approximate surface area is 125 Å². The van der Waals surface area contributed by atoms with Crippen LogP contribution in [0.15, 0.2) is 46.9 Å². The molecule has 0 saturated carbocycles. The second-order valence-electron chi connectivity index (χ2n) is 4.07. The normalized spacial score (nSPS) is 9.85. The van der Waals surface area contributed by atoms with Crippen LogP contribution in [0.5, 0.6) is 5.75 Å². The van der Waals surface area contributed by atoms with Gasteiger partial charge in [0.2, 0.25) is 0 Å². The first-order valence-electron chi connectivity index (χ1n) is 5.96. The number of hydrogen-bond acceptors (Lipinski definition) is 3. The van der Waals surface area contributed by atoms with E-state index < -0.39 is 0 Å². The van der Waals surface area contributed by atoms with Gasteiger partial charge in [-0.3, -0.25) is 0 Å². The number of nitrogens with one attached hydrogen (secondary N) is 1. The number of nitriles is 1. The van der Waals surface area contributed by atoms with Crippen molar-refractivity contribution in [3.05, 3.63) is 58.3 Å². The molecule has 0 bridgehead atoms. The first kappa shape index (κ1) is 14.4. The van der Waals surface area contributed by atoms with E-state index in [1.165, 1.54) is 6.07 Å². The van der Waals surface area contributed by atoms with Gasteiger partial charge in [-0.05, 0) is 51.8 Å². The standard InChI is InChI=1S/C15H12BrFN2O/c16-14-9-12(3-6-15(14)17)19-10-11-1-4-13(5-2-11)20-8-7-18/h1-6,9,19H,8,10H2. The third kappa shape index (κ3) is 3.97. The van der Waals surface area contributed by atoms with E-state index in [0.29, 0.717) is 16.8 Å². The predicted octanol–water partition coefficient (Wildman–Crippen LogP) is 4.10. The van der Waals surface area contributed by atoms with E-state index in [4.69, 9.17) is 10.00 Å². The molecule has 5 heteroatoms. The van der Waals surface area contributed by atoms with Gasteiger partial charge in [-0.25, -0.2) is 4.39 Å². The quantitative estimate of drug-likeness (QED) is 0.895. The lowest BCUT2D eigenvalue weighted by molar-refractivity contribution is 0.368. The van der Waals surface area contributed by atoms with E-state index in [-0.39, 0.29) is 12.4 Å². The van der Waals surface area contributed by atoms with E-state index in [1.54, 1.807) is 12.1 Å². The minimum absolute atomic E-state index is 0.0429. The van der Waals surface area contributed by atoms with E-state index in [9.17, 15) is 4.39 Å². The highest BCUT2D eigenvalue weighted by Gasteiger charge is 2.00. The van der Waals surface area contributed by atoms with Crippen molar-refractivity contribution in [2.75, 3.05) is 11.9 Å². The van der Waals surface area contributed by atoms with Crippen LogP contribution in [-0.2, 0) is 6.54 Å². The van der Waals surface area contributed by atoms with Crippen LogP contribution in [0.1, 0.15) is 5.56 Å².